The summed E-state index contributed by atoms with van der Waals surface area (Å²) in [6.07, 6.45) is 4.55. The first-order chi connectivity index (χ1) is 12.1. The maximum Gasteiger partial charge on any atom is 0.223 e. The van der Waals surface area contributed by atoms with Crippen LogP contribution in [0.3, 0.4) is 0 Å². The highest BCUT2D eigenvalue weighted by atomic mass is 19.1. The average molecular weight is 345 g/mol. The summed E-state index contributed by atoms with van der Waals surface area (Å²) in [5.74, 6) is 1.34. The molecule has 0 spiro atoms. The molecule has 1 saturated heterocycles. The monoisotopic (exact) mass is 345 g/mol. The SMILES string of the molecule is C[C@@H]1CCCN(C(=O)CCc2ncc(-c3ccc(F)cc3)o2)[C@H]1CN. The lowest BCUT2D eigenvalue weighted by Gasteiger charge is -2.39. The van der Waals surface area contributed by atoms with Crippen LogP contribution in [0.4, 0.5) is 4.39 Å². The summed E-state index contributed by atoms with van der Waals surface area (Å²) in [4.78, 5) is 18.7. The van der Waals surface area contributed by atoms with E-state index in [1.807, 2.05) is 4.90 Å². The van der Waals surface area contributed by atoms with Crippen molar-refractivity contribution >= 4 is 5.91 Å². The highest BCUT2D eigenvalue weighted by molar-refractivity contribution is 5.77. The van der Waals surface area contributed by atoms with Crippen LogP contribution in [0.15, 0.2) is 34.9 Å². The number of carbonyl (C=O) groups excluding carboxylic acids is 1. The smallest absolute Gasteiger partial charge is 0.223 e. The number of benzene rings is 1. The third kappa shape index (κ3) is 4.07. The molecule has 0 saturated carbocycles. The summed E-state index contributed by atoms with van der Waals surface area (Å²) < 4.78 is 18.7. The average Bonchev–Trinajstić information content (AvgIpc) is 3.09. The Balaban J connectivity index is 1.60. The van der Waals surface area contributed by atoms with Crippen LogP contribution in [0.1, 0.15) is 32.1 Å². The lowest BCUT2D eigenvalue weighted by molar-refractivity contribution is -0.136. The van der Waals surface area contributed by atoms with Crippen molar-refractivity contribution in [3.8, 4) is 11.3 Å². The Morgan fingerprint density at radius 3 is 2.88 bits per heavy atom. The summed E-state index contributed by atoms with van der Waals surface area (Å²) in [5, 5.41) is 0. The van der Waals surface area contributed by atoms with Crippen LogP contribution in [-0.2, 0) is 11.2 Å². The molecule has 2 heterocycles. The zero-order valence-corrected chi connectivity index (χ0v) is 14.5. The van der Waals surface area contributed by atoms with Crippen LogP contribution >= 0.6 is 0 Å². The first kappa shape index (κ1) is 17.6. The number of hydrogen-bond acceptors (Lipinski definition) is 4. The lowest BCUT2D eigenvalue weighted by atomic mass is 9.90. The topological polar surface area (TPSA) is 72.4 Å². The van der Waals surface area contributed by atoms with Gasteiger partial charge in [0, 0.05) is 37.5 Å². The number of nitrogens with two attached hydrogens (primary N) is 1. The number of rotatable bonds is 5. The van der Waals surface area contributed by atoms with Gasteiger partial charge >= 0.3 is 0 Å². The summed E-state index contributed by atoms with van der Waals surface area (Å²) in [6.45, 7) is 3.43. The van der Waals surface area contributed by atoms with Gasteiger partial charge in [0.1, 0.15) is 5.82 Å². The third-order valence-corrected chi connectivity index (χ3v) is 4.91. The molecule has 2 atom stereocenters. The molecule has 1 aliphatic rings. The highest BCUT2D eigenvalue weighted by Crippen LogP contribution is 2.24. The number of nitrogens with zero attached hydrogens (tertiary/aromatic N) is 2. The molecule has 2 aromatic rings. The number of aromatic nitrogens is 1. The number of hydrogen-bond donors (Lipinski definition) is 1. The minimum absolute atomic E-state index is 0.100. The molecule has 1 aromatic heterocycles. The molecule has 1 fully saturated rings. The Morgan fingerprint density at radius 1 is 1.40 bits per heavy atom. The van der Waals surface area contributed by atoms with Crippen molar-refractivity contribution < 1.29 is 13.6 Å². The Morgan fingerprint density at radius 2 is 2.16 bits per heavy atom. The number of aryl methyl sites for hydroxylation is 1. The molecule has 0 aliphatic carbocycles. The molecule has 6 heteroatoms. The van der Waals surface area contributed by atoms with Gasteiger partial charge in [0.25, 0.3) is 0 Å². The molecule has 1 aliphatic heterocycles. The normalized spacial score (nSPS) is 20.7. The van der Waals surface area contributed by atoms with Gasteiger partial charge in [0.15, 0.2) is 11.7 Å². The van der Waals surface area contributed by atoms with Gasteiger partial charge in [-0.15, -0.1) is 0 Å². The zero-order chi connectivity index (χ0) is 17.8. The molecule has 1 aromatic carbocycles. The van der Waals surface area contributed by atoms with Gasteiger partial charge in [-0.2, -0.15) is 0 Å². The van der Waals surface area contributed by atoms with Crippen LogP contribution in [0.5, 0.6) is 0 Å². The van der Waals surface area contributed by atoms with Gasteiger partial charge in [0.05, 0.1) is 6.20 Å². The second kappa shape index (κ2) is 7.78. The van der Waals surface area contributed by atoms with E-state index in [0.717, 1.165) is 24.9 Å². The predicted molar refractivity (Wildman–Crippen MR) is 93.2 cm³/mol. The number of amides is 1. The van der Waals surface area contributed by atoms with Crippen LogP contribution in [0.2, 0.25) is 0 Å². The molecule has 3 rings (SSSR count). The van der Waals surface area contributed by atoms with Gasteiger partial charge in [-0.1, -0.05) is 6.92 Å². The van der Waals surface area contributed by atoms with Crippen LogP contribution in [0, 0.1) is 11.7 Å². The Labute approximate surface area is 147 Å². The summed E-state index contributed by atoms with van der Waals surface area (Å²) in [6, 6.07) is 6.18. The van der Waals surface area contributed by atoms with E-state index in [4.69, 9.17) is 10.2 Å². The van der Waals surface area contributed by atoms with Crippen molar-refractivity contribution in [2.75, 3.05) is 13.1 Å². The highest BCUT2D eigenvalue weighted by Gasteiger charge is 2.30. The summed E-state index contributed by atoms with van der Waals surface area (Å²) in [5.41, 5.74) is 6.62. The fourth-order valence-electron chi connectivity index (χ4n) is 3.45. The fraction of sp³-hybridized carbons (Fsp3) is 0.474. The van der Waals surface area contributed by atoms with Crippen LogP contribution in [0.25, 0.3) is 11.3 Å². The van der Waals surface area contributed by atoms with Crippen molar-refractivity contribution in [3.05, 3.63) is 42.2 Å². The van der Waals surface area contributed by atoms with Crippen molar-refractivity contribution in [1.82, 2.24) is 9.88 Å². The number of oxazole rings is 1. The third-order valence-electron chi connectivity index (χ3n) is 4.91. The molecule has 1 amide bonds. The maximum atomic E-state index is 13.0. The van der Waals surface area contributed by atoms with E-state index < -0.39 is 0 Å². The standard InChI is InChI=1S/C19H24FN3O2/c1-13-3-2-10-23(16(13)11-21)19(24)9-8-18-22-12-17(25-18)14-4-6-15(20)7-5-14/h4-7,12-13,16H,2-3,8-11,21H2,1H3/t13-,16+/m1/s1. The quantitative estimate of drug-likeness (QED) is 0.904. The molecule has 2 N–H and O–H groups in total. The number of halogens is 1. The van der Waals surface area contributed by atoms with Crippen LogP contribution < -0.4 is 5.73 Å². The molecule has 0 bridgehead atoms. The molecular weight excluding hydrogens is 321 g/mol. The minimum atomic E-state index is -0.292. The maximum absolute atomic E-state index is 13.0. The van der Waals surface area contributed by atoms with Gasteiger partial charge in [-0.25, -0.2) is 9.37 Å². The molecular formula is C19H24FN3O2. The second-order valence-electron chi connectivity index (χ2n) is 6.63. The summed E-state index contributed by atoms with van der Waals surface area (Å²) >= 11 is 0. The van der Waals surface area contributed by atoms with E-state index in [-0.39, 0.29) is 17.8 Å². The van der Waals surface area contributed by atoms with E-state index in [2.05, 4.69) is 11.9 Å². The molecule has 25 heavy (non-hydrogen) atoms. The molecule has 5 nitrogen and oxygen atoms in total. The molecule has 134 valence electrons. The minimum Gasteiger partial charge on any atom is -0.441 e. The van der Waals surface area contributed by atoms with Crippen molar-refractivity contribution in [3.63, 3.8) is 0 Å². The first-order valence-electron chi connectivity index (χ1n) is 8.78. The van der Waals surface area contributed by atoms with Gasteiger partial charge < -0.3 is 15.1 Å². The second-order valence-corrected chi connectivity index (χ2v) is 6.63. The number of piperidine rings is 1. The van der Waals surface area contributed by atoms with E-state index in [9.17, 15) is 9.18 Å². The van der Waals surface area contributed by atoms with Gasteiger partial charge in [-0.05, 0) is 43.0 Å². The van der Waals surface area contributed by atoms with Crippen molar-refractivity contribution in [2.24, 2.45) is 11.7 Å². The predicted octanol–water partition coefficient (Wildman–Crippen LogP) is 3.00. The fourth-order valence-corrected chi connectivity index (χ4v) is 3.45. The number of likely N-dealkylation sites (tertiary alicyclic amines) is 1. The van der Waals surface area contributed by atoms with E-state index >= 15 is 0 Å². The Hall–Kier alpha value is -2.21. The van der Waals surface area contributed by atoms with Crippen molar-refractivity contribution in [1.29, 1.82) is 0 Å². The first-order valence-corrected chi connectivity index (χ1v) is 8.78. The Bertz CT molecular complexity index is 714. The number of carbonyl (C=O) groups is 1. The molecule has 0 radical (unpaired) electrons. The summed E-state index contributed by atoms with van der Waals surface area (Å²) in [7, 11) is 0. The van der Waals surface area contributed by atoms with Crippen molar-refractivity contribution in [2.45, 2.75) is 38.6 Å². The van der Waals surface area contributed by atoms with Gasteiger partial charge in [-0.3, -0.25) is 4.79 Å². The van der Waals surface area contributed by atoms with E-state index in [1.54, 1.807) is 18.3 Å². The largest absolute Gasteiger partial charge is 0.441 e. The van der Waals surface area contributed by atoms with Gasteiger partial charge in [0.2, 0.25) is 5.91 Å². The van der Waals surface area contributed by atoms with E-state index in [0.29, 0.717) is 37.0 Å². The lowest BCUT2D eigenvalue weighted by Crippen LogP contribution is -2.51. The Kier molecular flexibility index (Phi) is 5.48. The molecule has 0 unspecified atom stereocenters. The zero-order valence-electron chi connectivity index (χ0n) is 14.5. The van der Waals surface area contributed by atoms with E-state index in [1.165, 1.54) is 12.1 Å². The van der Waals surface area contributed by atoms with Crippen LogP contribution in [-0.4, -0.2) is 34.9 Å².